The molecule has 7 heteroatoms. The average molecular weight is 304 g/mol. The number of nitrogens with zero attached hydrogens (tertiary/aromatic N) is 3. The molecule has 2 aromatic rings. The van der Waals surface area contributed by atoms with E-state index in [9.17, 15) is 4.79 Å². The van der Waals surface area contributed by atoms with E-state index in [1.165, 1.54) is 23.3 Å². The van der Waals surface area contributed by atoms with E-state index in [0.29, 0.717) is 11.3 Å². The minimum Gasteiger partial charge on any atom is -0.325 e. The van der Waals surface area contributed by atoms with Crippen LogP contribution in [-0.4, -0.2) is 20.5 Å². The van der Waals surface area contributed by atoms with Gasteiger partial charge in [-0.2, -0.15) is 9.64 Å². The normalized spacial score (nSPS) is 11.7. The number of rotatable bonds is 4. The van der Waals surface area contributed by atoms with Crippen LogP contribution < -0.4 is 5.32 Å². The van der Waals surface area contributed by atoms with Gasteiger partial charge in [-0.25, -0.2) is 4.98 Å². The molecule has 5 nitrogen and oxygen atoms in total. The second kappa shape index (κ2) is 6.50. The molecule has 1 amide bonds. The molecule has 1 aromatic heterocycles. The zero-order chi connectivity index (χ0) is 14.5. The van der Waals surface area contributed by atoms with Gasteiger partial charge in [0.25, 0.3) is 0 Å². The highest BCUT2D eigenvalue weighted by molar-refractivity contribution is 8.02. The maximum Gasteiger partial charge on any atom is 0.237 e. The third kappa shape index (κ3) is 3.79. The first kappa shape index (κ1) is 14.5. The fourth-order valence-electron chi connectivity index (χ4n) is 1.40. The average Bonchev–Trinajstić information content (AvgIpc) is 2.85. The van der Waals surface area contributed by atoms with Crippen molar-refractivity contribution in [3.05, 3.63) is 35.7 Å². The standard InChI is InChI=1S/C13H12N4OS2/c1-8(19-13-15-9(2)17-20-13)12(18)16-11-5-3-10(7-14)4-6-11/h3-6,8H,1-2H3,(H,16,18). The Morgan fingerprint density at radius 2 is 2.15 bits per heavy atom. The Morgan fingerprint density at radius 1 is 1.45 bits per heavy atom. The number of aryl methyl sites for hydroxylation is 1. The van der Waals surface area contributed by atoms with Gasteiger partial charge >= 0.3 is 0 Å². The second-order valence-electron chi connectivity index (χ2n) is 4.05. The number of anilines is 1. The van der Waals surface area contributed by atoms with Crippen molar-refractivity contribution < 1.29 is 4.79 Å². The van der Waals surface area contributed by atoms with Gasteiger partial charge in [0.2, 0.25) is 5.91 Å². The Morgan fingerprint density at radius 3 is 2.70 bits per heavy atom. The van der Waals surface area contributed by atoms with Gasteiger partial charge in [-0.1, -0.05) is 11.8 Å². The fraction of sp³-hybridized carbons (Fsp3) is 0.231. The highest BCUT2D eigenvalue weighted by Gasteiger charge is 2.16. The molecule has 1 unspecified atom stereocenters. The van der Waals surface area contributed by atoms with Crippen molar-refractivity contribution in [2.75, 3.05) is 5.32 Å². The molecule has 1 aromatic carbocycles. The number of hydrogen-bond acceptors (Lipinski definition) is 6. The largest absolute Gasteiger partial charge is 0.325 e. The smallest absolute Gasteiger partial charge is 0.237 e. The van der Waals surface area contributed by atoms with Gasteiger partial charge in [0.1, 0.15) is 5.82 Å². The van der Waals surface area contributed by atoms with E-state index < -0.39 is 0 Å². The van der Waals surface area contributed by atoms with E-state index in [1.807, 2.05) is 19.9 Å². The summed E-state index contributed by atoms with van der Waals surface area (Å²) in [5.74, 6) is 0.616. The van der Waals surface area contributed by atoms with Gasteiger partial charge in [-0.3, -0.25) is 4.79 Å². The molecule has 1 heterocycles. The first-order valence-corrected chi connectivity index (χ1v) is 7.52. The maximum atomic E-state index is 12.0. The molecule has 102 valence electrons. The predicted molar refractivity (Wildman–Crippen MR) is 79.8 cm³/mol. The predicted octanol–water partition coefficient (Wildman–Crippen LogP) is 2.84. The van der Waals surface area contributed by atoms with Crippen molar-refractivity contribution >= 4 is 34.9 Å². The van der Waals surface area contributed by atoms with Crippen molar-refractivity contribution in [2.45, 2.75) is 23.4 Å². The molecule has 1 N–H and O–H groups in total. The fourth-order valence-corrected chi connectivity index (χ4v) is 3.20. The van der Waals surface area contributed by atoms with E-state index in [0.717, 1.165) is 10.2 Å². The van der Waals surface area contributed by atoms with Crippen LogP contribution in [0.1, 0.15) is 18.3 Å². The number of aromatic nitrogens is 2. The first-order valence-electron chi connectivity index (χ1n) is 5.86. The molecule has 0 saturated heterocycles. The Bertz CT molecular complexity index is 645. The minimum absolute atomic E-state index is 0.104. The van der Waals surface area contributed by atoms with Gasteiger partial charge in [-0.05, 0) is 49.6 Å². The molecule has 2 rings (SSSR count). The molecule has 1 atom stereocenters. The van der Waals surface area contributed by atoms with Crippen molar-refractivity contribution in [3.63, 3.8) is 0 Å². The summed E-state index contributed by atoms with van der Waals surface area (Å²) >= 11 is 2.67. The molecular formula is C13H12N4OS2. The summed E-state index contributed by atoms with van der Waals surface area (Å²) in [5, 5.41) is 11.3. The monoisotopic (exact) mass is 304 g/mol. The van der Waals surface area contributed by atoms with E-state index in [1.54, 1.807) is 24.3 Å². The Balaban J connectivity index is 1.95. The van der Waals surface area contributed by atoms with E-state index in [2.05, 4.69) is 14.7 Å². The number of nitrogens with one attached hydrogen (secondary N) is 1. The summed E-state index contributed by atoms with van der Waals surface area (Å²) < 4.78 is 4.86. The summed E-state index contributed by atoms with van der Waals surface area (Å²) in [5.41, 5.74) is 1.24. The Labute approximate surface area is 125 Å². The van der Waals surface area contributed by atoms with Gasteiger partial charge in [0, 0.05) is 5.69 Å². The number of carbonyl (C=O) groups is 1. The second-order valence-corrected chi connectivity index (χ2v) is 6.39. The van der Waals surface area contributed by atoms with Crippen LogP contribution in [0.15, 0.2) is 28.6 Å². The SMILES string of the molecule is Cc1nsc(SC(C)C(=O)Nc2ccc(C#N)cc2)n1. The Hall–Kier alpha value is -1.91. The lowest BCUT2D eigenvalue weighted by Crippen LogP contribution is -2.22. The van der Waals surface area contributed by atoms with Crippen LogP contribution in [0.3, 0.4) is 0 Å². The van der Waals surface area contributed by atoms with Crippen molar-refractivity contribution in [1.29, 1.82) is 5.26 Å². The number of hydrogen-bond donors (Lipinski definition) is 1. The van der Waals surface area contributed by atoms with Crippen LogP contribution in [0, 0.1) is 18.3 Å². The summed E-state index contributed by atoms with van der Waals surface area (Å²) in [6.45, 7) is 3.64. The minimum atomic E-state index is -0.266. The van der Waals surface area contributed by atoms with Crippen LogP contribution in [0.25, 0.3) is 0 Å². The third-order valence-electron chi connectivity index (χ3n) is 2.44. The van der Waals surface area contributed by atoms with Crippen LogP contribution in [0.5, 0.6) is 0 Å². The Kier molecular flexibility index (Phi) is 4.71. The summed E-state index contributed by atoms with van der Waals surface area (Å²) in [6, 6.07) is 8.79. The molecule has 20 heavy (non-hydrogen) atoms. The zero-order valence-electron chi connectivity index (χ0n) is 11.0. The molecule has 0 aliphatic heterocycles. The highest BCUT2D eigenvalue weighted by atomic mass is 32.2. The van der Waals surface area contributed by atoms with Crippen LogP contribution in [0.2, 0.25) is 0 Å². The zero-order valence-corrected chi connectivity index (χ0v) is 12.6. The molecule has 0 aliphatic rings. The van der Waals surface area contributed by atoms with Crippen LogP contribution >= 0.6 is 23.3 Å². The lowest BCUT2D eigenvalue weighted by atomic mass is 10.2. The van der Waals surface area contributed by atoms with Crippen molar-refractivity contribution in [1.82, 2.24) is 9.36 Å². The van der Waals surface area contributed by atoms with Gasteiger partial charge < -0.3 is 5.32 Å². The molecule has 0 bridgehead atoms. The van der Waals surface area contributed by atoms with Crippen LogP contribution in [0.4, 0.5) is 5.69 Å². The van der Waals surface area contributed by atoms with E-state index in [4.69, 9.17) is 5.26 Å². The number of benzene rings is 1. The lowest BCUT2D eigenvalue weighted by molar-refractivity contribution is -0.115. The highest BCUT2D eigenvalue weighted by Crippen LogP contribution is 2.25. The number of nitriles is 1. The van der Waals surface area contributed by atoms with Crippen molar-refractivity contribution in [2.24, 2.45) is 0 Å². The molecule has 0 radical (unpaired) electrons. The molecule has 0 fully saturated rings. The van der Waals surface area contributed by atoms with Gasteiger partial charge in [0.05, 0.1) is 16.9 Å². The summed E-state index contributed by atoms with van der Waals surface area (Å²) in [6.07, 6.45) is 0. The lowest BCUT2D eigenvalue weighted by Gasteiger charge is -2.10. The van der Waals surface area contributed by atoms with Crippen LogP contribution in [-0.2, 0) is 4.79 Å². The topological polar surface area (TPSA) is 78.7 Å². The molecule has 0 spiro atoms. The number of thioether (sulfide) groups is 1. The molecule has 0 aliphatic carbocycles. The van der Waals surface area contributed by atoms with Gasteiger partial charge in [0.15, 0.2) is 4.34 Å². The summed E-state index contributed by atoms with van der Waals surface area (Å²) in [4.78, 5) is 16.3. The van der Waals surface area contributed by atoms with E-state index in [-0.39, 0.29) is 11.2 Å². The first-order chi connectivity index (χ1) is 9.58. The van der Waals surface area contributed by atoms with Crippen molar-refractivity contribution in [3.8, 4) is 6.07 Å². The third-order valence-corrected chi connectivity index (χ3v) is 4.41. The number of amides is 1. The van der Waals surface area contributed by atoms with Gasteiger partial charge in [-0.15, -0.1) is 0 Å². The number of carbonyl (C=O) groups excluding carboxylic acids is 1. The maximum absolute atomic E-state index is 12.0. The molecular weight excluding hydrogens is 292 g/mol. The summed E-state index contributed by atoms with van der Waals surface area (Å²) in [7, 11) is 0. The molecule has 0 saturated carbocycles. The quantitative estimate of drug-likeness (QED) is 0.879. The van der Waals surface area contributed by atoms with E-state index >= 15 is 0 Å².